The number of primary amides is 1. The molecular formula is C15H22N2O2. The molecule has 2 unspecified atom stereocenters. The van der Waals surface area contributed by atoms with E-state index in [-0.39, 0.29) is 24.0 Å². The maximum atomic E-state index is 11.4. The summed E-state index contributed by atoms with van der Waals surface area (Å²) in [5, 5.41) is 3.23. The van der Waals surface area contributed by atoms with Crippen LogP contribution in [-0.4, -0.2) is 25.1 Å². The van der Waals surface area contributed by atoms with Crippen LogP contribution in [0.2, 0.25) is 0 Å². The molecule has 0 spiro atoms. The highest BCUT2D eigenvalue weighted by Crippen LogP contribution is 2.26. The number of carbonyl (C=O) groups is 1. The zero-order valence-electron chi connectivity index (χ0n) is 11.6. The lowest BCUT2D eigenvalue weighted by Crippen LogP contribution is -2.46. The Bertz CT molecular complexity index is 446. The smallest absolute Gasteiger partial charge is 0.234 e. The van der Waals surface area contributed by atoms with Gasteiger partial charge in [-0.05, 0) is 23.5 Å². The molecule has 0 radical (unpaired) electrons. The van der Waals surface area contributed by atoms with Crippen LogP contribution in [0.5, 0.6) is 0 Å². The van der Waals surface area contributed by atoms with E-state index in [0.29, 0.717) is 6.54 Å². The molecule has 1 amide bonds. The van der Waals surface area contributed by atoms with E-state index in [0.717, 1.165) is 13.0 Å². The highest BCUT2D eigenvalue weighted by atomic mass is 16.5. The summed E-state index contributed by atoms with van der Waals surface area (Å²) in [4.78, 5) is 11.4. The van der Waals surface area contributed by atoms with Gasteiger partial charge in [-0.15, -0.1) is 0 Å². The predicted octanol–water partition coefficient (Wildman–Crippen LogP) is 1.40. The Labute approximate surface area is 114 Å². The van der Waals surface area contributed by atoms with Crippen LogP contribution >= 0.6 is 0 Å². The number of carbonyl (C=O) groups excluding carboxylic acids is 1. The van der Waals surface area contributed by atoms with E-state index < -0.39 is 0 Å². The zero-order chi connectivity index (χ0) is 13.8. The monoisotopic (exact) mass is 262 g/mol. The van der Waals surface area contributed by atoms with E-state index in [1.807, 2.05) is 19.9 Å². The Hall–Kier alpha value is -1.39. The molecule has 0 saturated heterocycles. The lowest BCUT2D eigenvalue weighted by molar-refractivity contribution is -0.121. The summed E-state index contributed by atoms with van der Waals surface area (Å²) in [7, 11) is 0. The second-order valence-corrected chi connectivity index (χ2v) is 5.34. The molecule has 4 heteroatoms. The van der Waals surface area contributed by atoms with Crippen molar-refractivity contribution in [3.05, 3.63) is 35.4 Å². The summed E-state index contributed by atoms with van der Waals surface area (Å²) in [6.07, 6.45) is 0.960. The van der Waals surface area contributed by atoms with Gasteiger partial charge in [0.25, 0.3) is 0 Å². The van der Waals surface area contributed by atoms with Crippen molar-refractivity contribution < 1.29 is 9.53 Å². The molecule has 0 aliphatic carbocycles. The number of amides is 1. The van der Waals surface area contributed by atoms with E-state index >= 15 is 0 Å². The number of ether oxygens (including phenoxy) is 1. The maximum Gasteiger partial charge on any atom is 0.234 e. The van der Waals surface area contributed by atoms with Crippen molar-refractivity contribution in [3.8, 4) is 0 Å². The normalized spacial score (nSPS) is 20.1. The fraction of sp³-hybridized carbons (Fsp3) is 0.533. The van der Waals surface area contributed by atoms with Gasteiger partial charge in [0.05, 0.1) is 18.8 Å². The van der Waals surface area contributed by atoms with Crippen LogP contribution in [-0.2, 0) is 16.0 Å². The van der Waals surface area contributed by atoms with Gasteiger partial charge in [-0.3, -0.25) is 4.79 Å². The molecule has 1 heterocycles. The summed E-state index contributed by atoms with van der Waals surface area (Å²) in [5.41, 5.74) is 7.96. The molecule has 3 N–H and O–H groups in total. The molecule has 19 heavy (non-hydrogen) atoms. The van der Waals surface area contributed by atoms with Crippen molar-refractivity contribution in [3.63, 3.8) is 0 Å². The third-order valence-corrected chi connectivity index (χ3v) is 3.59. The average molecular weight is 262 g/mol. The van der Waals surface area contributed by atoms with Crippen molar-refractivity contribution in [2.45, 2.75) is 32.4 Å². The van der Waals surface area contributed by atoms with Crippen LogP contribution in [0.25, 0.3) is 0 Å². The van der Waals surface area contributed by atoms with E-state index in [1.54, 1.807) is 0 Å². The number of nitrogens with one attached hydrogen (secondary N) is 1. The number of nitrogens with two attached hydrogens (primary N) is 1. The van der Waals surface area contributed by atoms with Gasteiger partial charge in [0, 0.05) is 6.54 Å². The minimum Gasteiger partial charge on any atom is -0.372 e. The van der Waals surface area contributed by atoms with E-state index in [4.69, 9.17) is 10.5 Å². The molecule has 1 aliphatic heterocycles. The van der Waals surface area contributed by atoms with Crippen LogP contribution in [0.1, 0.15) is 31.1 Å². The fourth-order valence-electron chi connectivity index (χ4n) is 2.54. The maximum absolute atomic E-state index is 11.4. The Morgan fingerprint density at radius 3 is 2.89 bits per heavy atom. The lowest BCUT2D eigenvalue weighted by atomic mass is 9.97. The predicted molar refractivity (Wildman–Crippen MR) is 74.7 cm³/mol. The highest BCUT2D eigenvalue weighted by Gasteiger charge is 2.24. The Morgan fingerprint density at radius 2 is 2.21 bits per heavy atom. The molecule has 104 valence electrons. The zero-order valence-corrected chi connectivity index (χ0v) is 11.6. The third kappa shape index (κ3) is 3.33. The van der Waals surface area contributed by atoms with Crippen LogP contribution < -0.4 is 11.1 Å². The molecule has 4 nitrogen and oxygen atoms in total. The topological polar surface area (TPSA) is 64.3 Å². The molecule has 2 atom stereocenters. The van der Waals surface area contributed by atoms with Crippen LogP contribution in [0.3, 0.4) is 0 Å². The molecule has 0 aromatic heterocycles. The van der Waals surface area contributed by atoms with Gasteiger partial charge in [0.15, 0.2) is 0 Å². The van der Waals surface area contributed by atoms with Gasteiger partial charge in [0.2, 0.25) is 5.91 Å². The molecule has 1 aromatic rings. The van der Waals surface area contributed by atoms with Gasteiger partial charge in [-0.1, -0.05) is 38.1 Å². The van der Waals surface area contributed by atoms with Crippen LogP contribution in [0, 0.1) is 5.92 Å². The fourth-order valence-corrected chi connectivity index (χ4v) is 2.54. The first-order valence-electron chi connectivity index (χ1n) is 6.81. The largest absolute Gasteiger partial charge is 0.372 e. The second-order valence-electron chi connectivity index (χ2n) is 5.34. The molecule has 1 aliphatic rings. The SMILES string of the molecule is CC(C)C(NCC1OCCc2ccccc21)C(N)=O. The van der Waals surface area contributed by atoms with Crippen LogP contribution in [0.4, 0.5) is 0 Å². The Balaban J connectivity index is 2.03. The Morgan fingerprint density at radius 1 is 1.47 bits per heavy atom. The summed E-state index contributed by atoms with van der Waals surface area (Å²) in [6.45, 7) is 5.31. The molecule has 0 fully saturated rings. The first kappa shape index (κ1) is 14.0. The summed E-state index contributed by atoms with van der Waals surface area (Å²) in [5.74, 6) is -0.129. The summed E-state index contributed by atoms with van der Waals surface area (Å²) >= 11 is 0. The van der Waals surface area contributed by atoms with Crippen molar-refractivity contribution in [1.82, 2.24) is 5.32 Å². The highest BCUT2D eigenvalue weighted by molar-refractivity contribution is 5.80. The molecular weight excluding hydrogens is 240 g/mol. The summed E-state index contributed by atoms with van der Waals surface area (Å²) in [6, 6.07) is 8.00. The van der Waals surface area contributed by atoms with Crippen LogP contribution in [0.15, 0.2) is 24.3 Å². The second kappa shape index (κ2) is 6.17. The van der Waals surface area contributed by atoms with Crippen molar-refractivity contribution in [2.24, 2.45) is 11.7 Å². The van der Waals surface area contributed by atoms with E-state index in [2.05, 4.69) is 23.5 Å². The standard InChI is InChI=1S/C15H22N2O2/c1-10(2)14(15(16)18)17-9-13-12-6-4-3-5-11(12)7-8-19-13/h3-6,10,13-14,17H,7-9H2,1-2H3,(H2,16,18). The van der Waals surface area contributed by atoms with E-state index in [1.165, 1.54) is 11.1 Å². The molecule has 0 saturated carbocycles. The average Bonchev–Trinajstić information content (AvgIpc) is 2.38. The molecule has 1 aromatic carbocycles. The van der Waals surface area contributed by atoms with Gasteiger partial charge >= 0.3 is 0 Å². The minimum absolute atomic E-state index is 0.00514. The van der Waals surface area contributed by atoms with Gasteiger partial charge < -0.3 is 15.8 Å². The van der Waals surface area contributed by atoms with Gasteiger partial charge in [-0.2, -0.15) is 0 Å². The summed E-state index contributed by atoms with van der Waals surface area (Å²) < 4.78 is 5.80. The first-order valence-corrected chi connectivity index (χ1v) is 6.81. The van der Waals surface area contributed by atoms with E-state index in [9.17, 15) is 4.79 Å². The number of rotatable bonds is 5. The Kier molecular flexibility index (Phi) is 4.56. The third-order valence-electron chi connectivity index (χ3n) is 3.59. The number of hydrogen-bond acceptors (Lipinski definition) is 3. The number of hydrogen-bond donors (Lipinski definition) is 2. The van der Waals surface area contributed by atoms with Crippen molar-refractivity contribution in [1.29, 1.82) is 0 Å². The first-order chi connectivity index (χ1) is 9.09. The minimum atomic E-state index is -0.308. The molecule has 2 rings (SSSR count). The lowest BCUT2D eigenvalue weighted by Gasteiger charge is -2.28. The molecule has 0 bridgehead atoms. The number of benzene rings is 1. The van der Waals surface area contributed by atoms with Gasteiger partial charge in [-0.25, -0.2) is 0 Å². The van der Waals surface area contributed by atoms with Crippen molar-refractivity contribution >= 4 is 5.91 Å². The quantitative estimate of drug-likeness (QED) is 0.843. The number of fused-ring (bicyclic) bond motifs is 1. The van der Waals surface area contributed by atoms with Crippen molar-refractivity contribution in [2.75, 3.05) is 13.2 Å². The van der Waals surface area contributed by atoms with Gasteiger partial charge in [0.1, 0.15) is 0 Å².